The number of aryl methyl sites for hydroxylation is 1. The summed E-state index contributed by atoms with van der Waals surface area (Å²) in [6.07, 6.45) is 11.4. The number of nitrogens with one attached hydrogen (secondary N) is 2. The van der Waals surface area contributed by atoms with Gasteiger partial charge in [-0.05, 0) is 56.0 Å². The maximum Gasteiger partial charge on any atom is 0.136 e. The van der Waals surface area contributed by atoms with Crippen LogP contribution in [0.1, 0.15) is 50.1 Å². The highest BCUT2D eigenvalue weighted by Gasteiger charge is 2.14. The van der Waals surface area contributed by atoms with Crippen LogP contribution >= 0.6 is 0 Å². The highest BCUT2D eigenvalue weighted by atomic mass is 16.5. The van der Waals surface area contributed by atoms with Gasteiger partial charge in [-0.3, -0.25) is 4.98 Å². The van der Waals surface area contributed by atoms with Crippen LogP contribution in [0.3, 0.4) is 0 Å². The molecule has 4 aromatic rings. The molecule has 0 unspecified atom stereocenters. The molecule has 2 N–H and O–H groups in total. The van der Waals surface area contributed by atoms with Crippen molar-refractivity contribution in [1.82, 2.24) is 15.0 Å². The van der Waals surface area contributed by atoms with E-state index in [4.69, 9.17) is 9.72 Å². The molecule has 1 aromatic carbocycles. The lowest BCUT2D eigenvalue weighted by atomic mass is 10.0. The van der Waals surface area contributed by atoms with Gasteiger partial charge in [0.05, 0.1) is 6.61 Å². The molecule has 0 radical (unpaired) electrons. The molecular weight excluding hydrogens is 446 g/mol. The van der Waals surface area contributed by atoms with E-state index >= 15 is 0 Å². The Morgan fingerprint density at radius 3 is 2.75 bits per heavy atom. The van der Waals surface area contributed by atoms with Gasteiger partial charge in [-0.1, -0.05) is 32.1 Å². The number of allylic oxidation sites excluding steroid dienone is 1. The van der Waals surface area contributed by atoms with E-state index in [0.29, 0.717) is 6.61 Å². The van der Waals surface area contributed by atoms with Crippen LogP contribution in [0.15, 0.2) is 60.8 Å². The molecule has 6 nitrogen and oxygen atoms in total. The lowest BCUT2D eigenvalue weighted by Crippen LogP contribution is -2.26. The summed E-state index contributed by atoms with van der Waals surface area (Å²) in [5, 5.41) is 4.80. The van der Waals surface area contributed by atoms with E-state index in [1.807, 2.05) is 30.5 Å². The zero-order valence-electron chi connectivity index (χ0n) is 21.3. The largest absolute Gasteiger partial charge is 0.493 e. The number of aromatic amines is 1. The topological polar surface area (TPSA) is 66.1 Å². The molecule has 3 aromatic heterocycles. The van der Waals surface area contributed by atoms with E-state index in [1.165, 1.54) is 22.2 Å². The maximum atomic E-state index is 6.21. The van der Waals surface area contributed by atoms with Gasteiger partial charge in [0.25, 0.3) is 0 Å². The number of anilines is 3. The van der Waals surface area contributed by atoms with Crippen LogP contribution < -0.4 is 15.0 Å². The highest BCUT2D eigenvalue weighted by Crippen LogP contribution is 2.32. The Balaban J connectivity index is 1.41. The van der Waals surface area contributed by atoms with Gasteiger partial charge in [0.15, 0.2) is 0 Å². The predicted octanol–water partition coefficient (Wildman–Crippen LogP) is 6.91. The van der Waals surface area contributed by atoms with E-state index in [0.717, 1.165) is 74.0 Å². The van der Waals surface area contributed by atoms with E-state index < -0.39 is 0 Å². The molecule has 0 aliphatic heterocycles. The molecule has 3 heterocycles. The first kappa shape index (κ1) is 23.9. The van der Waals surface area contributed by atoms with Gasteiger partial charge in [-0.25, -0.2) is 4.98 Å². The predicted molar refractivity (Wildman–Crippen MR) is 149 cm³/mol. The number of rotatable bonds is 11. The lowest BCUT2D eigenvalue weighted by Gasteiger charge is -2.24. The van der Waals surface area contributed by atoms with Crippen molar-refractivity contribution in [1.29, 1.82) is 0 Å². The Bertz CT molecular complexity index is 1320. The average molecular weight is 482 g/mol. The first-order valence-corrected chi connectivity index (χ1v) is 13.1. The Labute approximate surface area is 213 Å². The number of aromatic nitrogens is 3. The molecule has 0 spiro atoms. The zero-order valence-corrected chi connectivity index (χ0v) is 21.3. The standard InChI is InChI=1S/C30H35N5O/c1-3-16-35(17-4-2)30-21-24(36-18-14-22-9-7-8-15-31-22)20-29(34-30)32-23-12-13-28-26(19-23)25-10-5-6-11-27(25)33-28/h5,7-10,12-13,15,19-21,33H,3-4,6,11,14,16-18H2,1-2H3,(H,32,34). The number of H-pyrrole nitrogens is 1. The highest BCUT2D eigenvalue weighted by molar-refractivity contribution is 5.93. The minimum absolute atomic E-state index is 0.565. The molecular formula is C30H35N5O. The molecule has 0 atom stereocenters. The van der Waals surface area contributed by atoms with Gasteiger partial charge in [-0.2, -0.15) is 0 Å². The summed E-state index contributed by atoms with van der Waals surface area (Å²) in [6, 6.07) is 16.5. The third kappa shape index (κ3) is 5.54. The monoisotopic (exact) mass is 481 g/mol. The van der Waals surface area contributed by atoms with E-state index in [9.17, 15) is 0 Å². The van der Waals surface area contributed by atoms with Gasteiger partial charge in [0.1, 0.15) is 17.4 Å². The Morgan fingerprint density at radius 2 is 1.94 bits per heavy atom. The fourth-order valence-electron chi connectivity index (χ4n) is 4.81. The maximum absolute atomic E-state index is 6.21. The number of hydrogen-bond acceptors (Lipinski definition) is 5. The first-order chi connectivity index (χ1) is 17.7. The number of benzene rings is 1. The Kier molecular flexibility index (Phi) is 7.50. The van der Waals surface area contributed by atoms with Crippen LogP contribution in [-0.2, 0) is 12.8 Å². The van der Waals surface area contributed by atoms with Crippen LogP contribution in [0.2, 0.25) is 0 Å². The smallest absolute Gasteiger partial charge is 0.136 e. The summed E-state index contributed by atoms with van der Waals surface area (Å²) >= 11 is 0. The second-order valence-electron chi connectivity index (χ2n) is 9.30. The summed E-state index contributed by atoms with van der Waals surface area (Å²) in [5.74, 6) is 2.55. The molecule has 5 rings (SSSR count). The molecule has 1 aliphatic carbocycles. The van der Waals surface area contributed by atoms with Crippen molar-refractivity contribution in [3.05, 3.63) is 77.8 Å². The SMILES string of the molecule is CCCN(CCC)c1cc(OCCc2ccccn2)cc(Nc2ccc3[nH]c4c(c3c2)C=CCC4)n1. The quantitative estimate of drug-likeness (QED) is 0.244. The summed E-state index contributed by atoms with van der Waals surface area (Å²) in [6.45, 7) is 6.90. The number of pyridine rings is 2. The van der Waals surface area contributed by atoms with Crippen LogP contribution in [0, 0.1) is 0 Å². The number of nitrogens with zero attached hydrogens (tertiary/aromatic N) is 3. The summed E-state index contributed by atoms with van der Waals surface area (Å²) in [5.41, 5.74) is 5.85. The van der Waals surface area contributed by atoms with Crippen molar-refractivity contribution in [2.45, 2.75) is 46.0 Å². The number of fused-ring (bicyclic) bond motifs is 3. The normalized spacial score (nSPS) is 12.5. The molecule has 0 saturated heterocycles. The van der Waals surface area contributed by atoms with Crippen molar-refractivity contribution >= 4 is 34.3 Å². The Hall–Kier alpha value is -3.80. The van der Waals surface area contributed by atoms with Gasteiger partial charge < -0.3 is 19.9 Å². The fourth-order valence-corrected chi connectivity index (χ4v) is 4.81. The van der Waals surface area contributed by atoms with Crippen molar-refractivity contribution in [2.24, 2.45) is 0 Å². The second-order valence-corrected chi connectivity index (χ2v) is 9.30. The first-order valence-electron chi connectivity index (χ1n) is 13.1. The molecule has 1 aliphatic rings. The van der Waals surface area contributed by atoms with E-state index in [1.54, 1.807) is 0 Å². The van der Waals surface area contributed by atoms with Gasteiger partial charge >= 0.3 is 0 Å². The van der Waals surface area contributed by atoms with Gasteiger partial charge in [0.2, 0.25) is 0 Å². The molecule has 0 amide bonds. The third-order valence-electron chi connectivity index (χ3n) is 6.49. The van der Waals surface area contributed by atoms with Gasteiger partial charge in [-0.15, -0.1) is 0 Å². The number of ether oxygens (including phenoxy) is 1. The molecule has 6 heteroatoms. The fraction of sp³-hybridized carbons (Fsp3) is 0.333. The second kappa shape index (κ2) is 11.3. The van der Waals surface area contributed by atoms with Crippen LogP contribution in [0.25, 0.3) is 17.0 Å². The van der Waals surface area contributed by atoms with Crippen LogP contribution in [0.5, 0.6) is 5.75 Å². The molecule has 0 fully saturated rings. The molecule has 36 heavy (non-hydrogen) atoms. The lowest BCUT2D eigenvalue weighted by molar-refractivity contribution is 0.320. The van der Waals surface area contributed by atoms with Crippen LogP contribution in [0.4, 0.5) is 17.3 Å². The summed E-state index contributed by atoms with van der Waals surface area (Å²) in [7, 11) is 0. The van der Waals surface area contributed by atoms with Crippen molar-refractivity contribution in [3.63, 3.8) is 0 Å². The average Bonchev–Trinajstić information content (AvgIpc) is 3.27. The molecule has 0 saturated carbocycles. The van der Waals surface area contributed by atoms with Gasteiger partial charge in [0, 0.05) is 71.4 Å². The van der Waals surface area contributed by atoms with E-state index in [-0.39, 0.29) is 0 Å². The minimum Gasteiger partial charge on any atom is -0.493 e. The van der Waals surface area contributed by atoms with E-state index in [2.05, 4.69) is 70.4 Å². The number of hydrogen-bond donors (Lipinski definition) is 2. The van der Waals surface area contributed by atoms with Crippen LogP contribution in [-0.4, -0.2) is 34.6 Å². The van der Waals surface area contributed by atoms with Crippen molar-refractivity contribution in [3.8, 4) is 5.75 Å². The third-order valence-corrected chi connectivity index (χ3v) is 6.49. The molecule has 0 bridgehead atoms. The minimum atomic E-state index is 0.565. The Morgan fingerprint density at radius 1 is 1.06 bits per heavy atom. The summed E-state index contributed by atoms with van der Waals surface area (Å²) < 4.78 is 6.21. The zero-order chi connectivity index (χ0) is 24.7. The van der Waals surface area contributed by atoms with Crippen molar-refractivity contribution < 1.29 is 4.74 Å². The molecule has 186 valence electrons. The van der Waals surface area contributed by atoms with Crippen molar-refractivity contribution in [2.75, 3.05) is 29.9 Å². The summed E-state index contributed by atoms with van der Waals surface area (Å²) in [4.78, 5) is 15.3.